The molecule has 2 aliphatic carbocycles. The minimum atomic E-state index is -1.02. The fraction of sp³-hybridized carbons (Fsp3) is 0.567. The van der Waals surface area contributed by atoms with E-state index in [1.807, 2.05) is 37.8 Å². The zero-order chi connectivity index (χ0) is 27.4. The number of anilines is 1. The number of allylic oxidation sites excluding steroid dienone is 1. The Bertz CT molecular complexity index is 1180. The quantitative estimate of drug-likeness (QED) is 0.429. The van der Waals surface area contributed by atoms with E-state index < -0.39 is 5.97 Å². The molecule has 2 heterocycles. The van der Waals surface area contributed by atoms with Gasteiger partial charge >= 0.3 is 5.97 Å². The molecule has 4 rings (SSSR count). The number of hydrogen-bond acceptors (Lipinski definition) is 6. The maximum Gasteiger partial charge on any atom is 0.348 e. The van der Waals surface area contributed by atoms with Crippen LogP contribution in [0.3, 0.4) is 0 Å². The smallest absolute Gasteiger partial charge is 0.348 e. The molecular formula is C30H39N3O4S. The van der Waals surface area contributed by atoms with Crippen molar-refractivity contribution in [1.29, 1.82) is 0 Å². The van der Waals surface area contributed by atoms with Gasteiger partial charge in [-0.25, -0.2) is 4.79 Å². The molecule has 0 aromatic carbocycles. The molecule has 3 aliphatic rings. The predicted molar refractivity (Wildman–Crippen MR) is 152 cm³/mol. The van der Waals surface area contributed by atoms with Crippen molar-refractivity contribution in [3.05, 3.63) is 40.2 Å². The molecule has 0 radical (unpaired) electrons. The fourth-order valence-electron chi connectivity index (χ4n) is 5.25. The Kier molecular flexibility index (Phi) is 8.67. The summed E-state index contributed by atoms with van der Waals surface area (Å²) in [4.78, 5) is 29.1. The number of rotatable bonds is 5. The number of aromatic carboxylic acids is 1. The normalized spacial score (nSPS) is 25.5. The topological polar surface area (TPSA) is 91.2 Å². The lowest BCUT2D eigenvalue weighted by atomic mass is 9.81. The molecule has 1 aromatic heterocycles. The van der Waals surface area contributed by atoms with Crippen molar-refractivity contribution in [3.8, 4) is 11.8 Å². The molecule has 0 bridgehead atoms. The first-order valence-corrected chi connectivity index (χ1v) is 14.4. The summed E-state index contributed by atoms with van der Waals surface area (Å²) in [5, 5.41) is 14.3. The average molecular weight is 538 g/mol. The van der Waals surface area contributed by atoms with E-state index in [0.29, 0.717) is 28.1 Å². The highest BCUT2D eigenvalue weighted by Gasteiger charge is 2.38. The maximum atomic E-state index is 14.1. The number of carbonyl (C=O) groups is 2. The van der Waals surface area contributed by atoms with Gasteiger partial charge in [-0.05, 0) is 90.2 Å². The highest BCUT2D eigenvalue weighted by atomic mass is 32.1. The van der Waals surface area contributed by atoms with E-state index in [-0.39, 0.29) is 34.3 Å². The maximum absolute atomic E-state index is 14.1. The number of hydrazone groups is 1. The van der Waals surface area contributed by atoms with Gasteiger partial charge in [0.2, 0.25) is 11.8 Å². The predicted octanol–water partition coefficient (Wildman–Crippen LogP) is 6.32. The summed E-state index contributed by atoms with van der Waals surface area (Å²) in [5.41, 5.74) is 3.83. The monoisotopic (exact) mass is 537 g/mol. The third-order valence-electron chi connectivity index (χ3n) is 7.36. The molecule has 204 valence electrons. The number of nitrogens with zero attached hydrogens (tertiary/aromatic N) is 2. The van der Waals surface area contributed by atoms with Gasteiger partial charge in [-0.2, -0.15) is 0 Å². The third-order valence-corrected chi connectivity index (χ3v) is 8.39. The van der Waals surface area contributed by atoms with Crippen LogP contribution in [0, 0.1) is 29.1 Å². The van der Waals surface area contributed by atoms with Crippen LogP contribution in [0.1, 0.15) is 93.6 Å². The lowest BCUT2D eigenvalue weighted by Gasteiger charge is -2.39. The standard InChI is InChI=1S/C30H39N3O4S/c1-19-6-9-21(10-7-19)28(34)33(25-18-24(16-17-30(3,4)5)38-27(25)29(35)36)22-11-13-23(14-12-22)37-26-15-8-20(2)31-32-26/h8,15,18-19,21-23,31H,2,6-7,9-14H2,1,3-5H3,(H,35,36)/t19?,21?,22-,23-. The van der Waals surface area contributed by atoms with Crippen LogP contribution < -0.4 is 10.3 Å². The number of thiophene rings is 1. The second kappa shape index (κ2) is 11.8. The van der Waals surface area contributed by atoms with Crippen molar-refractivity contribution in [3.63, 3.8) is 0 Å². The molecule has 0 spiro atoms. The van der Waals surface area contributed by atoms with Gasteiger partial charge in [-0.1, -0.05) is 25.3 Å². The van der Waals surface area contributed by atoms with Crippen LogP contribution in [0.2, 0.25) is 0 Å². The summed E-state index contributed by atoms with van der Waals surface area (Å²) in [6.45, 7) is 12.1. The van der Waals surface area contributed by atoms with Crippen LogP contribution in [0.15, 0.2) is 35.6 Å². The highest BCUT2D eigenvalue weighted by molar-refractivity contribution is 7.15. The molecule has 2 fully saturated rings. The van der Waals surface area contributed by atoms with Gasteiger partial charge in [0, 0.05) is 29.1 Å². The van der Waals surface area contributed by atoms with Gasteiger partial charge in [0.1, 0.15) is 11.0 Å². The number of ether oxygens (including phenoxy) is 1. The number of hydrogen-bond donors (Lipinski definition) is 2. The van der Waals surface area contributed by atoms with Crippen molar-refractivity contribution in [2.24, 2.45) is 22.4 Å². The summed E-state index contributed by atoms with van der Waals surface area (Å²) in [7, 11) is 0. The Morgan fingerprint density at radius 2 is 1.82 bits per heavy atom. The zero-order valence-corrected chi connectivity index (χ0v) is 23.7. The van der Waals surface area contributed by atoms with Crippen molar-refractivity contribution in [1.82, 2.24) is 5.43 Å². The Morgan fingerprint density at radius 3 is 2.39 bits per heavy atom. The van der Waals surface area contributed by atoms with Gasteiger partial charge in [0.25, 0.3) is 0 Å². The summed E-state index contributed by atoms with van der Waals surface area (Å²) in [6, 6.07) is 1.73. The van der Waals surface area contributed by atoms with Gasteiger partial charge in [0.15, 0.2) is 0 Å². The van der Waals surface area contributed by atoms with E-state index in [1.54, 1.807) is 6.08 Å². The molecule has 8 heteroatoms. The van der Waals surface area contributed by atoms with E-state index in [1.165, 1.54) is 0 Å². The molecule has 1 amide bonds. The molecule has 2 saturated carbocycles. The van der Waals surface area contributed by atoms with Crippen LogP contribution in [-0.2, 0) is 9.53 Å². The van der Waals surface area contributed by atoms with Crippen LogP contribution in [0.5, 0.6) is 0 Å². The number of carbonyl (C=O) groups excluding carboxylic acids is 1. The molecule has 0 atom stereocenters. The molecule has 0 saturated heterocycles. The third kappa shape index (κ3) is 7.08. The Labute approximate surface area is 230 Å². The van der Waals surface area contributed by atoms with Crippen molar-refractivity contribution in [2.45, 2.75) is 91.2 Å². The van der Waals surface area contributed by atoms with Gasteiger partial charge in [0.05, 0.1) is 10.6 Å². The molecule has 38 heavy (non-hydrogen) atoms. The molecule has 1 aromatic rings. The SMILES string of the molecule is C=C1C=CC(O[C@H]2CC[C@H](N(C(=O)C3CCC(C)CC3)c3cc(C#CC(C)(C)C)sc3C(=O)O)CC2)=NN1. The van der Waals surface area contributed by atoms with Crippen LogP contribution >= 0.6 is 11.3 Å². The van der Waals surface area contributed by atoms with Gasteiger partial charge < -0.3 is 14.7 Å². The largest absolute Gasteiger partial charge is 0.477 e. The Hall–Kier alpha value is -3.05. The molecule has 2 N–H and O–H groups in total. The van der Waals surface area contributed by atoms with Crippen molar-refractivity contribution in [2.75, 3.05) is 4.90 Å². The first kappa shape index (κ1) is 28.0. The van der Waals surface area contributed by atoms with Crippen LogP contribution in [-0.4, -0.2) is 35.0 Å². The minimum absolute atomic E-state index is 0.00932. The molecule has 0 unspecified atom stereocenters. The second-order valence-electron chi connectivity index (χ2n) is 11.8. The molecular weight excluding hydrogens is 498 g/mol. The number of carboxylic acid groups (broad SMARTS) is 1. The lowest BCUT2D eigenvalue weighted by molar-refractivity contribution is -0.124. The van der Waals surface area contributed by atoms with Crippen LogP contribution in [0.4, 0.5) is 5.69 Å². The number of carboxylic acids is 1. The zero-order valence-electron chi connectivity index (χ0n) is 22.9. The summed E-state index contributed by atoms with van der Waals surface area (Å²) in [5.74, 6) is 6.47. The van der Waals surface area contributed by atoms with Gasteiger partial charge in [-0.3, -0.25) is 10.2 Å². The lowest BCUT2D eigenvalue weighted by Crippen LogP contribution is -2.47. The molecule has 1 aliphatic heterocycles. The minimum Gasteiger partial charge on any atom is -0.477 e. The second-order valence-corrected chi connectivity index (χ2v) is 12.8. The van der Waals surface area contributed by atoms with Crippen LogP contribution in [0.25, 0.3) is 0 Å². The Balaban J connectivity index is 1.59. The average Bonchev–Trinajstić information content (AvgIpc) is 3.30. The summed E-state index contributed by atoms with van der Waals surface area (Å²) in [6.07, 6.45) is 10.3. The van der Waals surface area contributed by atoms with E-state index in [0.717, 1.165) is 62.7 Å². The summed E-state index contributed by atoms with van der Waals surface area (Å²) < 4.78 is 6.08. The van der Waals surface area contributed by atoms with Crippen molar-refractivity contribution >= 4 is 34.8 Å². The number of amides is 1. The molecule has 7 nitrogen and oxygen atoms in total. The van der Waals surface area contributed by atoms with E-state index in [4.69, 9.17) is 4.74 Å². The van der Waals surface area contributed by atoms with Crippen molar-refractivity contribution < 1.29 is 19.4 Å². The summed E-state index contributed by atoms with van der Waals surface area (Å²) >= 11 is 1.16. The van der Waals surface area contributed by atoms with Gasteiger partial charge in [-0.15, -0.1) is 16.4 Å². The Morgan fingerprint density at radius 1 is 1.13 bits per heavy atom. The van der Waals surface area contributed by atoms with E-state index in [2.05, 4.69) is 35.9 Å². The van der Waals surface area contributed by atoms with E-state index in [9.17, 15) is 14.7 Å². The first-order valence-electron chi connectivity index (χ1n) is 13.6. The highest BCUT2D eigenvalue weighted by Crippen LogP contribution is 2.39. The number of nitrogens with one attached hydrogen (secondary N) is 1. The fourth-order valence-corrected chi connectivity index (χ4v) is 6.10. The first-order chi connectivity index (χ1) is 18.0. The van der Waals surface area contributed by atoms with E-state index >= 15 is 0 Å².